The Balaban J connectivity index is 1.64. The van der Waals surface area contributed by atoms with Crippen LogP contribution in [0.4, 0.5) is 5.95 Å². The number of aromatic nitrogens is 4. The average molecular weight is 397 g/mol. The summed E-state index contributed by atoms with van der Waals surface area (Å²) >= 11 is 0. The SMILES string of the molecule is Cc1noc(-c2ccccc2C=NNc2nc(-c3ccccc3)c(C#N)c(=O)[nH]2)n1. The molecule has 0 aliphatic carbocycles. The molecule has 0 saturated carbocycles. The molecule has 0 spiro atoms. The molecule has 9 nitrogen and oxygen atoms in total. The van der Waals surface area contributed by atoms with Crippen LogP contribution in [0.25, 0.3) is 22.7 Å². The van der Waals surface area contributed by atoms with Crippen molar-refractivity contribution in [3.05, 3.63) is 81.9 Å². The summed E-state index contributed by atoms with van der Waals surface area (Å²) in [5, 5.41) is 17.3. The molecule has 2 heterocycles. The van der Waals surface area contributed by atoms with Gasteiger partial charge in [-0.25, -0.2) is 10.4 Å². The molecule has 2 aromatic carbocycles. The van der Waals surface area contributed by atoms with Crippen molar-refractivity contribution in [1.82, 2.24) is 20.1 Å². The summed E-state index contributed by atoms with van der Waals surface area (Å²) in [5.74, 6) is 1.02. The van der Waals surface area contributed by atoms with E-state index >= 15 is 0 Å². The fourth-order valence-electron chi connectivity index (χ4n) is 2.81. The van der Waals surface area contributed by atoms with Crippen molar-refractivity contribution in [3.8, 4) is 28.8 Å². The second-order valence-electron chi connectivity index (χ2n) is 6.22. The predicted octanol–water partition coefficient (Wildman–Crippen LogP) is 3.11. The number of nitriles is 1. The normalized spacial score (nSPS) is 10.8. The molecule has 0 bridgehead atoms. The van der Waals surface area contributed by atoms with Crippen molar-refractivity contribution in [1.29, 1.82) is 5.26 Å². The number of aryl methyl sites for hydroxylation is 1. The minimum absolute atomic E-state index is 0.0622. The highest BCUT2D eigenvalue weighted by atomic mass is 16.5. The minimum atomic E-state index is -0.550. The van der Waals surface area contributed by atoms with Crippen molar-refractivity contribution in [2.45, 2.75) is 6.92 Å². The molecule has 146 valence electrons. The Bertz CT molecular complexity index is 1320. The molecule has 4 rings (SSSR count). The lowest BCUT2D eigenvalue weighted by atomic mass is 10.1. The first kappa shape index (κ1) is 18.8. The van der Waals surface area contributed by atoms with Crippen LogP contribution in [0.1, 0.15) is 17.0 Å². The van der Waals surface area contributed by atoms with Crippen LogP contribution in [-0.2, 0) is 0 Å². The van der Waals surface area contributed by atoms with Gasteiger partial charge in [-0.1, -0.05) is 53.7 Å². The highest BCUT2D eigenvalue weighted by Crippen LogP contribution is 2.21. The third kappa shape index (κ3) is 3.83. The van der Waals surface area contributed by atoms with Crippen LogP contribution >= 0.6 is 0 Å². The van der Waals surface area contributed by atoms with E-state index in [0.29, 0.717) is 17.3 Å². The van der Waals surface area contributed by atoms with Gasteiger partial charge < -0.3 is 4.52 Å². The summed E-state index contributed by atoms with van der Waals surface area (Å²) in [4.78, 5) is 23.4. The van der Waals surface area contributed by atoms with E-state index in [4.69, 9.17) is 4.52 Å². The number of nitrogens with one attached hydrogen (secondary N) is 2. The molecule has 0 atom stereocenters. The minimum Gasteiger partial charge on any atom is -0.334 e. The molecular weight excluding hydrogens is 382 g/mol. The topological polar surface area (TPSA) is 133 Å². The summed E-state index contributed by atoms with van der Waals surface area (Å²) in [6.45, 7) is 1.74. The predicted molar refractivity (Wildman–Crippen MR) is 111 cm³/mol. The molecule has 30 heavy (non-hydrogen) atoms. The van der Waals surface area contributed by atoms with Gasteiger partial charge in [-0.3, -0.25) is 9.78 Å². The molecule has 0 aliphatic rings. The van der Waals surface area contributed by atoms with Crippen molar-refractivity contribution in [2.24, 2.45) is 5.10 Å². The van der Waals surface area contributed by atoms with Gasteiger partial charge in [0.25, 0.3) is 11.4 Å². The number of H-pyrrole nitrogens is 1. The Labute approximate surface area is 170 Å². The summed E-state index contributed by atoms with van der Waals surface area (Å²) < 4.78 is 5.23. The number of anilines is 1. The first-order valence-corrected chi connectivity index (χ1v) is 8.94. The van der Waals surface area contributed by atoms with Crippen LogP contribution in [0.5, 0.6) is 0 Å². The Morgan fingerprint density at radius 3 is 2.63 bits per heavy atom. The van der Waals surface area contributed by atoms with Gasteiger partial charge in [0.15, 0.2) is 5.82 Å². The van der Waals surface area contributed by atoms with Crippen LogP contribution in [0.2, 0.25) is 0 Å². The lowest BCUT2D eigenvalue weighted by molar-refractivity contribution is 0.425. The number of nitrogens with zero attached hydrogens (tertiary/aromatic N) is 5. The largest absolute Gasteiger partial charge is 0.334 e. The smallest absolute Gasteiger partial charge is 0.270 e. The lowest BCUT2D eigenvalue weighted by Gasteiger charge is -2.06. The van der Waals surface area contributed by atoms with Gasteiger partial charge in [-0.05, 0) is 13.0 Å². The number of aromatic amines is 1. The Hall–Kier alpha value is -4.58. The number of hydrogen-bond acceptors (Lipinski definition) is 8. The fourth-order valence-corrected chi connectivity index (χ4v) is 2.81. The van der Waals surface area contributed by atoms with Crippen LogP contribution in [0.15, 0.2) is 69.0 Å². The second-order valence-corrected chi connectivity index (χ2v) is 6.22. The van der Waals surface area contributed by atoms with Gasteiger partial charge in [0.2, 0.25) is 5.95 Å². The zero-order valence-electron chi connectivity index (χ0n) is 15.8. The van der Waals surface area contributed by atoms with Crippen molar-refractivity contribution < 1.29 is 4.52 Å². The monoisotopic (exact) mass is 397 g/mol. The van der Waals surface area contributed by atoms with Crippen molar-refractivity contribution in [2.75, 3.05) is 5.43 Å². The highest BCUT2D eigenvalue weighted by molar-refractivity contribution is 5.88. The van der Waals surface area contributed by atoms with E-state index in [1.165, 1.54) is 0 Å². The third-order valence-corrected chi connectivity index (χ3v) is 4.17. The van der Waals surface area contributed by atoms with Crippen molar-refractivity contribution >= 4 is 12.2 Å². The third-order valence-electron chi connectivity index (χ3n) is 4.17. The van der Waals surface area contributed by atoms with E-state index in [9.17, 15) is 10.1 Å². The average Bonchev–Trinajstić information content (AvgIpc) is 3.20. The van der Waals surface area contributed by atoms with Gasteiger partial charge in [-0.15, -0.1) is 0 Å². The Morgan fingerprint density at radius 2 is 1.90 bits per heavy atom. The summed E-state index contributed by atoms with van der Waals surface area (Å²) in [6.07, 6.45) is 1.55. The van der Waals surface area contributed by atoms with E-state index in [-0.39, 0.29) is 17.2 Å². The van der Waals surface area contributed by atoms with E-state index in [2.05, 4.69) is 30.6 Å². The maximum atomic E-state index is 12.3. The molecule has 0 amide bonds. The second kappa shape index (κ2) is 8.20. The van der Waals surface area contributed by atoms with Gasteiger partial charge in [0.1, 0.15) is 11.6 Å². The number of rotatable bonds is 5. The van der Waals surface area contributed by atoms with E-state index < -0.39 is 5.56 Å². The summed E-state index contributed by atoms with van der Waals surface area (Å²) in [7, 11) is 0. The maximum absolute atomic E-state index is 12.3. The standard InChI is InChI=1S/C21H15N7O2/c1-13-24-20(30-28-13)16-10-6-5-9-15(16)12-23-27-21-25-18(14-7-3-2-4-8-14)17(11-22)19(29)26-21/h2-10,12H,1H3,(H2,25,26,27,29). The quantitative estimate of drug-likeness (QED) is 0.390. The molecule has 0 saturated heterocycles. The highest BCUT2D eigenvalue weighted by Gasteiger charge is 2.13. The van der Waals surface area contributed by atoms with Crippen LogP contribution in [0, 0.1) is 18.3 Å². The molecule has 0 radical (unpaired) electrons. The van der Waals surface area contributed by atoms with Crippen molar-refractivity contribution in [3.63, 3.8) is 0 Å². The zero-order valence-corrected chi connectivity index (χ0v) is 15.8. The molecule has 2 N–H and O–H groups in total. The molecular formula is C21H15N7O2. The molecule has 9 heteroatoms. The number of hydrazone groups is 1. The van der Waals surface area contributed by atoms with Gasteiger partial charge in [0.05, 0.1) is 11.9 Å². The maximum Gasteiger partial charge on any atom is 0.270 e. The van der Waals surface area contributed by atoms with Crippen LogP contribution in [0.3, 0.4) is 0 Å². The number of benzene rings is 2. The van der Waals surface area contributed by atoms with Crippen LogP contribution in [-0.4, -0.2) is 26.3 Å². The van der Waals surface area contributed by atoms with E-state index in [0.717, 1.165) is 11.1 Å². The fraction of sp³-hybridized carbons (Fsp3) is 0.0476. The molecule has 0 fully saturated rings. The molecule has 2 aromatic heterocycles. The Kier molecular flexibility index (Phi) is 5.13. The summed E-state index contributed by atoms with van der Waals surface area (Å²) in [6, 6.07) is 18.3. The first-order chi connectivity index (χ1) is 14.7. The van der Waals surface area contributed by atoms with Gasteiger partial charge >= 0.3 is 0 Å². The van der Waals surface area contributed by atoms with E-state index in [1.807, 2.05) is 36.4 Å². The number of hydrogen-bond donors (Lipinski definition) is 2. The molecule has 4 aromatic rings. The zero-order chi connectivity index (χ0) is 20.9. The molecule has 0 aliphatic heterocycles. The van der Waals surface area contributed by atoms with Gasteiger partial charge in [0, 0.05) is 16.7 Å². The molecule has 0 unspecified atom stereocenters. The lowest BCUT2D eigenvalue weighted by Crippen LogP contribution is -2.16. The van der Waals surface area contributed by atoms with Gasteiger partial charge in [-0.2, -0.15) is 15.3 Å². The Morgan fingerprint density at radius 1 is 1.13 bits per heavy atom. The van der Waals surface area contributed by atoms with Crippen LogP contribution < -0.4 is 11.0 Å². The first-order valence-electron chi connectivity index (χ1n) is 8.94. The summed E-state index contributed by atoms with van der Waals surface area (Å²) in [5.41, 5.74) is 4.48. The van der Waals surface area contributed by atoms with E-state index in [1.54, 1.807) is 37.4 Å².